The number of fused-ring (bicyclic) bond motifs is 1. The maximum absolute atomic E-state index is 13.3. The number of carbonyl (C=O) groups is 1. The highest BCUT2D eigenvalue weighted by atomic mass is 16.7. The molecule has 0 radical (unpaired) electrons. The molecule has 1 aromatic carbocycles. The number of nitrogens with one attached hydrogen (secondary N) is 2. The molecule has 0 spiro atoms. The van der Waals surface area contributed by atoms with Crippen molar-refractivity contribution in [3.8, 4) is 11.5 Å². The van der Waals surface area contributed by atoms with E-state index in [0.29, 0.717) is 19.1 Å². The molecule has 28 heavy (non-hydrogen) atoms. The lowest BCUT2D eigenvalue weighted by molar-refractivity contribution is -0.134. The standard InChI is InChI=1S/C21H26N4O3/c1-2-3-17-11-18(24-23-17)21(26)25(12-15-6-8-22-9-7-15)13-16-4-5-19-20(10-16)28-14-27-19/h4-10,17-18,23-24H,2-3,11-14H2,1H3. The number of hydrogen-bond acceptors (Lipinski definition) is 6. The van der Waals surface area contributed by atoms with Crippen molar-refractivity contribution in [3.63, 3.8) is 0 Å². The summed E-state index contributed by atoms with van der Waals surface area (Å²) in [5, 5.41) is 0. The second kappa shape index (κ2) is 8.58. The van der Waals surface area contributed by atoms with Gasteiger partial charge in [0.25, 0.3) is 0 Å². The molecule has 1 saturated heterocycles. The molecular weight excluding hydrogens is 356 g/mol. The average molecular weight is 382 g/mol. The molecule has 2 aromatic rings. The van der Waals surface area contributed by atoms with Crippen LogP contribution < -0.4 is 20.3 Å². The van der Waals surface area contributed by atoms with Crippen LogP contribution in [0.3, 0.4) is 0 Å². The Morgan fingerprint density at radius 1 is 1.11 bits per heavy atom. The summed E-state index contributed by atoms with van der Waals surface area (Å²) in [4.78, 5) is 19.3. The van der Waals surface area contributed by atoms with E-state index in [1.807, 2.05) is 35.2 Å². The van der Waals surface area contributed by atoms with E-state index in [1.54, 1.807) is 12.4 Å². The molecule has 2 aliphatic rings. The molecule has 0 aliphatic carbocycles. The second-order valence-corrected chi connectivity index (χ2v) is 7.30. The number of benzene rings is 1. The number of aromatic nitrogens is 1. The molecule has 4 rings (SSSR count). The molecule has 0 saturated carbocycles. The minimum atomic E-state index is -0.215. The first kappa shape index (κ1) is 18.7. The summed E-state index contributed by atoms with van der Waals surface area (Å²) in [5.41, 5.74) is 8.52. The van der Waals surface area contributed by atoms with Crippen LogP contribution in [0.15, 0.2) is 42.7 Å². The van der Waals surface area contributed by atoms with Crippen LogP contribution in [0.1, 0.15) is 37.3 Å². The summed E-state index contributed by atoms with van der Waals surface area (Å²) in [6.07, 6.45) is 6.47. The van der Waals surface area contributed by atoms with Crippen molar-refractivity contribution in [2.24, 2.45) is 0 Å². The Bertz CT molecular complexity index is 815. The zero-order valence-corrected chi connectivity index (χ0v) is 16.1. The Morgan fingerprint density at radius 2 is 1.89 bits per heavy atom. The lowest BCUT2D eigenvalue weighted by atomic mass is 10.0. The van der Waals surface area contributed by atoms with Gasteiger partial charge in [0.2, 0.25) is 12.7 Å². The van der Waals surface area contributed by atoms with Crippen LogP contribution in [0.2, 0.25) is 0 Å². The fraction of sp³-hybridized carbons (Fsp3) is 0.429. The van der Waals surface area contributed by atoms with E-state index in [4.69, 9.17) is 9.47 Å². The molecule has 2 aliphatic heterocycles. The number of hydrazine groups is 1. The van der Waals surface area contributed by atoms with Gasteiger partial charge in [-0.2, -0.15) is 0 Å². The number of pyridine rings is 1. The summed E-state index contributed by atoms with van der Waals surface area (Å²) < 4.78 is 10.9. The Morgan fingerprint density at radius 3 is 2.71 bits per heavy atom. The molecule has 1 amide bonds. The average Bonchev–Trinajstić information content (AvgIpc) is 3.37. The minimum Gasteiger partial charge on any atom is -0.454 e. The Hall–Kier alpha value is -2.64. The first-order valence-electron chi connectivity index (χ1n) is 9.80. The van der Waals surface area contributed by atoms with Crippen LogP contribution in [0.25, 0.3) is 0 Å². The maximum Gasteiger partial charge on any atom is 0.241 e. The predicted octanol–water partition coefficient (Wildman–Crippen LogP) is 2.37. The number of ether oxygens (including phenoxy) is 2. The maximum atomic E-state index is 13.3. The van der Waals surface area contributed by atoms with Crippen molar-refractivity contribution in [2.45, 2.75) is 51.4 Å². The molecule has 2 unspecified atom stereocenters. The molecule has 1 fully saturated rings. The first-order chi connectivity index (χ1) is 13.7. The molecule has 7 nitrogen and oxygen atoms in total. The van der Waals surface area contributed by atoms with Gasteiger partial charge in [0, 0.05) is 31.5 Å². The van der Waals surface area contributed by atoms with E-state index in [2.05, 4.69) is 22.8 Å². The van der Waals surface area contributed by atoms with Crippen molar-refractivity contribution in [1.82, 2.24) is 20.7 Å². The largest absolute Gasteiger partial charge is 0.454 e. The third kappa shape index (κ3) is 4.26. The number of rotatable bonds is 7. The van der Waals surface area contributed by atoms with Crippen molar-refractivity contribution >= 4 is 5.91 Å². The predicted molar refractivity (Wildman–Crippen MR) is 104 cm³/mol. The van der Waals surface area contributed by atoms with E-state index < -0.39 is 0 Å². The number of amides is 1. The summed E-state index contributed by atoms with van der Waals surface area (Å²) in [7, 11) is 0. The molecule has 2 atom stereocenters. The number of hydrogen-bond donors (Lipinski definition) is 2. The normalized spacial score (nSPS) is 20.3. The first-order valence-corrected chi connectivity index (χ1v) is 9.80. The van der Waals surface area contributed by atoms with Gasteiger partial charge in [-0.1, -0.05) is 19.4 Å². The van der Waals surface area contributed by atoms with Crippen LogP contribution in [0.4, 0.5) is 0 Å². The van der Waals surface area contributed by atoms with Gasteiger partial charge in [0.1, 0.15) is 6.04 Å². The highest BCUT2D eigenvalue weighted by molar-refractivity contribution is 5.82. The molecule has 1 aromatic heterocycles. The van der Waals surface area contributed by atoms with E-state index in [-0.39, 0.29) is 18.7 Å². The quantitative estimate of drug-likeness (QED) is 0.766. The summed E-state index contributed by atoms with van der Waals surface area (Å²) in [5.74, 6) is 1.58. The monoisotopic (exact) mass is 382 g/mol. The highest BCUT2D eigenvalue weighted by Gasteiger charge is 2.32. The van der Waals surface area contributed by atoms with E-state index >= 15 is 0 Å². The van der Waals surface area contributed by atoms with Crippen LogP contribution in [0.5, 0.6) is 11.5 Å². The Balaban J connectivity index is 1.51. The van der Waals surface area contributed by atoms with Gasteiger partial charge in [-0.05, 0) is 48.2 Å². The zero-order valence-electron chi connectivity index (χ0n) is 16.1. The third-order valence-electron chi connectivity index (χ3n) is 5.16. The van der Waals surface area contributed by atoms with Crippen LogP contribution in [0, 0.1) is 0 Å². The smallest absolute Gasteiger partial charge is 0.241 e. The summed E-state index contributed by atoms with van der Waals surface area (Å²) in [6, 6.07) is 9.86. The van der Waals surface area contributed by atoms with Gasteiger partial charge < -0.3 is 14.4 Å². The van der Waals surface area contributed by atoms with Crippen molar-refractivity contribution < 1.29 is 14.3 Å². The van der Waals surface area contributed by atoms with Gasteiger partial charge in [-0.25, -0.2) is 5.43 Å². The fourth-order valence-corrected chi connectivity index (χ4v) is 3.72. The van der Waals surface area contributed by atoms with Crippen molar-refractivity contribution in [3.05, 3.63) is 53.9 Å². The topological polar surface area (TPSA) is 75.7 Å². The molecule has 2 N–H and O–H groups in total. The van der Waals surface area contributed by atoms with Gasteiger partial charge in [0.15, 0.2) is 11.5 Å². The van der Waals surface area contributed by atoms with Gasteiger partial charge in [0.05, 0.1) is 0 Å². The van der Waals surface area contributed by atoms with Crippen LogP contribution >= 0.6 is 0 Å². The second-order valence-electron chi connectivity index (χ2n) is 7.30. The molecule has 7 heteroatoms. The highest BCUT2D eigenvalue weighted by Crippen LogP contribution is 2.33. The van der Waals surface area contributed by atoms with Crippen molar-refractivity contribution in [2.75, 3.05) is 6.79 Å². The van der Waals surface area contributed by atoms with E-state index in [1.165, 1.54) is 0 Å². The third-order valence-corrected chi connectivity index (χ3v) is 5.16. The number of carbonyl (C=O) groups excluding carboxylic acids is 1. The SMILES string of the molecule is CCCC1CC(C(=O)N(Cc2ccncc2)Cc2ccc3c(c2)OCO3)NN1. The molecule has 148 valence electrons. The summed E-state index contributed by atoms with van der Waals surface area (Å²) in [6.45, 7) is 3.45. The lowest BCUT2D eigenvalue weighted by Gasteiger charge is -2.26. The lowest BCUT2D eigenvalue weighted by Crippen LogP contribution is -2.45. The van der Waals surface area contributed by atoms with Crippen molar-refractivity contribution in [1.29, 1.82) is 0 Å². The Kier molecular flexibility index (Phi) is 5.73. The van der Waals surface area contributed by atoms with Gasteiger partial charge in [-0.3, -0.25) is 15.2 Å². The van der Waals surface area contributed by atoms with Gasteiger partial charge in [-0.15, -0.1) is 0 Å². The van der Waals surface area contributed by atoms with Gasteiger partial charge >= 0.3 is 0 Å². The number of nitrogens with zero attached hydrogens (tertiary/aromatic N) is 2. The van der Waals surface area contributed by atoms with E-state index in [0.717, 1.165) is 41.9 Å². The fourth-order valence-electron chi connectivity index (χ4n) is 3.72. The molecule has 3 heterocycles. The van der Waals surface area contributed by atoms with Crippen LogP contribution in [-0.4, -0.2) is 34.7 Å². The molecule has 0 bridgehead atoms. The zero-order chi connectivity index (χ0) is 19.3. The molecular formula is C21H26N4O3. The van der Waals surface area contributed by atoms with Crippen LogP contribution in [-0.2, 0) is 17.9 Å². The minimum absolute atomic E-state index is 0.0978. The van der Waals surface area contributed by atoms with E-state index in [9.17, 15) is 4.79 Å². The Labute approximate surface area is 165 Å². The summed E-state index contributed by atoms with van der Waals surface area (Å²) >= 11 is 0.